The molecule has 0 radical (unpaired) electrons. The predicted octanol–water partition coefficient (Wildman–Crippen LogP) is 1.07. The lowest BCUT2D eigenvalue weighted by atomic mass is 10.2. The lowest BCUT2D eigenvalue weighted by Gasteiger charge is -2.16. The SMILES string of the molecule is CC(O)C(NC(=O)c1sccc1Br)C(=O)O. The standard InChI is InChI=1S/C9H10BrNO4S/c1-4(12)6(9(14)15)11-8(13)7-5(10)2-3-16-7/h2-4,6,12H,1H3,(H,11,13)(H,14,15). The van der Waals surface area contributed by atoms with Gasteiger partial charge in [-0.15, -0.1) is 11.3 Å². The number of halogens is 1. The van der Waals surface area contributed by atoms with Crippen molar-refractivity contribution < 1.29 is 19.8 Å². The highest BCUT2D eigenvalue weighted by atomic mass is 79.9. The molecule has 0 saturated carbocycles. The Kier molecular flexibility index (Phi) is 4.45. The number of hydrogen-bond donors (Lipinski definition) is 3. The maximum Gasteiger partial charge on any atom is 0.328 e. The Balaban J connectivity index is 2.77. The van der Waals surface area contributed by atoms with Gasteiger partial charge in [-0.05, 0) is 34.3 Å². The number of thiophene rings is 1. The molecular formula is C9H10BrNO4S. The van der Waals surface area contributed by atoms with Gasteiger partial charge in [0.05, 0.1) is 6.10 Å². The van der Waals surface area contributed by atoms with Crippen LogP contribution in [0.5, 0.6) is 0 Å². The minimum atomic E-state index is -1.30. The fourth-order valence-electron chi connectivity index (χ4n) is 1.05. The van der Waals surface area contributed by atoms with Crippen LogP contribution in [0.25, 0.3) is 0 Å². The van der Waals surface area contributed by atoms with Crippen LogP contribution in [0.3, 0.4) is 0 Å². The third-order valence-electron chi connectivity index (χ3n) is 1.86. The van der Waals surface area contributed by atoms with Crippen molar-refractivity contribution in [2.45, 2.75) is 19.1 Å². The van der Waals surface area contributed by atoms with Crippen LogP contribution in [-0.2, 0) is 4.79 Å². The number of carbonyl (C=O) groups is 2. The summed E-state index contributed by atoms with van der Waals surface area (Å²) in [6.07, 6.45) is -1.15. The minimum Gasteiger partial charge on any atom is -0.480 e. The maximum absolute atomic E-state index is 11.6. The summed E-state index contributed by atoms with van der Waals surface area (Å²) in [6.45, 7) is 1.31. The fraction of sp³-hybridized carbons (Fsp3) is 0.333. The molecule has 0 aliphatic heterocycles. The zero-order valence-corrected chi connectivity index (χ0v) is 10.7. The number of carboxylic acid groups (broad SMARTS) is 1. The third kappa shape index (κ3) is 3.03. The molecular weight excluding hydrogens is 298 g/mol. The Morgan fingerprint density at radius 1 is 1.56 bits per heavy atom. The van der Waals surface area contributed by atoms with Crippen molar-refractivity contribution in [3.8, 4) is 0 Å². The van der Waals surface area contributed by atoms with Crippen molar-refractivity contribution in [1.29, 1.82) is 0 Å². The van der Waals surface area contributed by atoms with E-state index >= 15 is 0 Å². The summed E-state index contributed by atoms with van der Waals surface area (Å²) in [5, 5.41) is 21.9. The lowest BCUT2D eigenvalue weighted by Crippen LogP contribution is -2.47. The lowest BCUT2D eigenvalue weighted by molar-refractivity contribution is -0.141. The average molecular weight is 308 g/mol. The fourth-order valence-corrected chi connectivity index (χ4v) is 2.51. The highest BCUT2D eigenvalue weighted by Gasteiger charge is 2.26. The second-order valence-electron chi connectivity index (χ2n) is 3.13. The molecule has 16 heavy (non-hydrogen) atoms. The van der Waals surface area contributed by atoms with Gasteiger partial charge in [-0.3, -0.25) is 4.79 Å². The van der Waals surface area contributed by atoms with Gasteiger partial charge >= 0.3 is 5.97 Å². The van der Waals surface area contributed by atoms with Gasteiger partial charge in [-0.1, -0.05) is 0 Å². The van der Waals surface area contributed by atoms with Gasteiger partial charge in [0.15, 0.2) is 6.04 Å². The molecule has 2 unspecified atom stereocenters. The topological polar surface area (TPSA) is 86.6 Å². The number of nitrogens with one attached hydrogen (secondary N) is 1. The van der Waals surface area contributed by atoms with Gasteiger partial charge < -0.3 is 15.5 Å². The van der Waals surface area contributed by atoms with E-state index in [1.54, 1.807) is 11.4 Å². The van der Waals surface area contributed by atoms with Crippen molar-refractivity contribution in [2.24, 2.45) is 0 Å². The van der Waals surface area contributed by atoms with E-state index < -0.39 is 24.0 Å². The van der Waals surface area contributed by atoms with Crippen LogP contribution < -0.4 is 5.32 Å². The van der Waals surface area contributed by atoms with E-state index in [1.807, 2.05) is 0 Å². The summed E-state index contributed by atoms with van der Waals surface area (Å²) >= 11 is 4.36. The minimum absolute atomic E-state index is 0.381. The average Bonchev–Trinajstić information content (AvgIpc) is 2.59. The quantitative estimate of drug-likeness (QED) is 0.777. The molecule has 2 atom stereocenters. The second-order valence-corrected chi connectivity index (χ2v) is 4.90. The first kappa shape index (κ1) is 13.1. The third-order valence-corrected chi connectivity index (χ3v) is 3.69. The van der Waals surface area contributed by atoms with Crippen molar-refractivity contribution in [3.63, 3.8) is 0 Å². The summed E-state index contributed by atoms with van der Waals surface area (Å²) in [5.74, 6) is -1.79. The van der Waals surface area contributed by atoms with E-state index in [-0.39, 0.29) is 0 Å². The van der Waals surface area contributed by atoms with E-state index in [1.165, 1.54) is 18.3 Å². The highest BCUT2D eigenvalue weighted by molar-refractivity contribution is 9.10. The normalized spacial score (nSPS) is 14.2. The van der Waals surface area contributed by atoms with Crippen molar-refractivity contribution in [2.75, 3.05) is 0 Å². The number of amides is 1. The molecule has 0 aliphatic carbocycles. The first-order valence-corrected chi connectivity index (χ1v) is 6.05. The van der Waals surface area contributed by atoms with E-state index in [9.17, 15) is 14.7 Å². The molecule has 1 amide bonds. The number of carbonyl (C=O) groups excluding carboxylic acids is 1. The molecule has 0 aliphatic rings. The molecule has 1 aromatic rings. The van der Waals surface area contributed by atoms with E-state index in [0.717, 1.165) is 0 Å². The van der Waals surface area contributed by atoms with Gasteiger partial charge in [-0.2, -0.15) is 0 Å². The molecule has 1 rings (SSSR count). The summed E-state index contributed by atoms with van der Waals surface area (Å²) in [4.78, 5) is 22.8. The number of aliphatic hydroxyl groups excluding tert-OH is 1. The van der Waals surface area contributed by atoms with Crippen LogP contribution >= 0.6 is 27.3 Å². The Hall–Kier alpha value is -0.920. The molecule has 5 nitrogen and oxygen atoms in total. The number of rotatable bonds is 4. The van der Waals surface area contributed by atoms with Crippen LogP contribution in [0.4, 0.5) is 0 Å². The highest BCUT2D eigenvalue weighted by Crippen LogP contribution is 2.22. The van der Waals surface area contributed by atoms with Gasteiger partial charge in [-0.25, -0.2) is 4.79 Å². The largest absolute Gasteiger partial charge is 0.480 e. The Morgan fingerprint density at radius 3 is 2.56 bits per heavy atom. The first-order valence-electron chi connectivity index (χ1n) is 4.38. The maximum atomic E-state index is 11.6. The van der Waals surface area contributed by atoms with Crippen LogP contribution in [0.2, 0.25) is 0 Å². The molecule has 0 spiro atoms. The zero-order valence-electron chi connectivity index (χ0n) is 8.31. The molecule has 0 fully saturated rings. The summed E-state index contributed by atoms with van der Waals surface area (Å²) < 4.78 is 0.602. The van der Waals surface area contributed by atoms with Crippen molar-refractivity contribution in [3.05, 3.63) is 20.8 Å². The Bertz CT molecular complexity index is 404. The summed E-state index contributed by atoms with van der Waals surface area (Å²) in [5.41, 5.74) is 0. The monoisotopic (exact) mass is 307 g/mol. The first-order chi connectivity index (χ1) is 7.43. The molecule has 88 valence electrons. The smallest absolute Gasteiger partial charge is 0.328 e. The molecule has 3 N–H and O–H groups in total. The van der Waals surface area contributed by atoms with E-state index in [0.29, 0.717) is 9.35 Å². The summed E-state index contributed by atoms with van der Waals surface area (Å²) in [6, 6.07) is 0.388. The van der Waals surface area contributed by atoms with Gasteiger partial charge in [0.1, 0.15) is 4.88 Å². The summed E-state index contributed by atoms with van der Waals surface area (Å²) in [7, 11) is 0. The van der Waals surface area contributed by atoms with Gasteiger partial charge in [0.25, 0.3) is 5.91 Å². The predicted molar refractivity (Wildman–Crippen MR) is 62.6 cm³/mol. The number of carboxylic acids is 1. The van der Waals surface area contributed by atoms with Gasteiger partial charge in [0, 0.05) is 4.47 Å². The second kappa shape index (κ2) is 5.42. The number of hydrogen-bond acceptors (Lipinski definition) is 4. The Morgan fingerprint density at radius 2 is 2.19 bits per heavy atom. The zero-order chi connectivity index (χ0) is 12.3. The van der Waals surface area contributed by atoms with Crippen LogP contribution in [0, 0.1) is 0 Å². The number of aliphatic carboxylic acids is 1. The van der Waals surface area contributed by atoms with Crippen LogP contribution in [0.15, 0.2) is 15.9 Å². The molecule has 1 aromatic heterocycles. The molecule has 0 bridgehead atoms. The van der Waals surface area contributed by atoms with Crippen molar-refractivity contribution in [1.82, 2.24) is 5.32 Å². The molecule has 7 heteroatoms. The molecule has 1 heterocycles. The van der Waals surface area contributed by atoms with Crippen LogP contribution in [-0.4, -0.2) is 34.2 Å². The number of aliphatic hydroxyl groups is 1. The Labute approximate surface area is 104 Å². The van der Waals surface area contributed by atoms with E-state index in [4.69, 9.17) is 5.11 Å². The molecule has 0 saturated heterocycles. The van der Waals surface area contributed by atoms with Crippen LogP contribution in [0.1, 0.15) is 16.6 Å². The van der Waals surface area contributed by atoms with Crippen molar-refractivity contribution >= 4 is 39.1 Å². The van der Waals surface area contributed by atoms with E-state index in [2.05, 4.69) is 21.2 Å². The molecule has 0 aromatic carbocycles. The van der Waals surface area contributed by atoms with Gasteiger partial charge in [0.2, 0.25) is 0 Å².